The molecule has 0 spiro atoms. The van der Waals surface area contributed by atoms with Gasteiger partial charge >= 0.3 is 0 Å². The molecule has 170 valence electrons. The number of halogens is 1. The molecular weight excluding hydrogens is 419 g/mol. The number of aromatic nitrogens is 1. The number of likely N-dealkylation sites (N-methyl/N-ethyl adjacent to an activating group) is 1. The predicted octanol–water partition coefficient (Wildman–Crippen LogP) is 4.93. The van der Waals surface area contributed by atoms with E-state index in [0.29, 0.717) is 0 Å². The first-order valence-corrected chi connectivity index (χ1v) is 9.85. The molecule has 33 heavy (non-hydrogen) atoms. The molecule has 0 unspecified atom stereocenters. The van der Waals surface area contributed by atoms with Crippen molar-refractivity contribution in [3.63, 3.8) is 0 Å². The summed E-state index contributed by atoms with van der Waals surface area (Å²) in [5.74, 6) is -1.90. The molecule has 2 aromatic carbocycles. The van der Waals surface area contributed by atoms with Crippen molar-refractivity contribution in [2.24, 2.45) is 0 Å². The maximum Gasteiger partial charge on any atom is 0.159 e. The Bertz CT molecular complexity index is 1590. The number of hydrogen-bond acceptors (Lipinski definition) is 6. The molecule has 0 saturated carbocycles. The summed E-state index contributed by atoms with van der Waals surface area (Å²) < 4.78 is 83.9. The van der Waals surface area contributed by atoms with Gasteiger partial charge < -0.3 is 15.0 Å². The smallest absolute Gasteiger partial charge is 0.159 e. The van der Waals surface area contributed by atoms with Gasteiger partial charge in [-0.05, 0) is 63.8 Å². The number of rotatable bonds is 9. The number of nitrogens with zero attached hydrogens (tertiary/aromatic N) is 3. The van der Waals surface area contributed by atoms with Crippen LogP contribution >= 0.6 is 0 Å². The van der Waals surface area contributed by atoms with Crippen LogP contribution in [0.5, 0.6) is 5.75 Å². The maximum absolute atomic E-state index is 14.3. The van der Waals surface area contributed by atoms with Crippen LogP contribution in [0.2, 0.25) is 0 Å². The van der Waals surface area contributed by atoms with Crippen LogP contribution < -0.4 is 10.1 Å². The Morgan fingerprint density at radius 2 is 2.24 bits per heavy atom. The molecule has 0 aliphatic carbocycles. The zero-order valence-electron chi connectivity index (χ0n) is 26.6. The van der Waals surface area contributed by atoms with Crippen LogP contribution in [0.15, 0.2) is 48.6 Å². The number of hydrogen-bond donors (Lipinski definition) is 1. The standard InChI is InChI=1S/C26H27FN4O2/c1-5-33-25-14-24-22(13-18(25)12-21(32)7-6-10-31(3)4)26(19(15-28)16-29-24)30-20-8-9-23(27)17(2)11-20/h6-9,11,13-14,16H,5,10,12H2,1-4H3,(H,29,30)/b7-6+/i5D2,7D,8D,9D,10D2,11D. The molecule has 0 bridgehead atoms. The molecule has 1 aromatic heterocycles. The maximum atomic E-state index is 14.3. The summed E-state index contributed by atoms with van der Waals surface area (Å²) in [6, 6.07) is 2.28. The molecular formula is C26H27FN4O2. The van der Waals surface area contributed by atoms with Crippen molar-refractivity contribution < 1.29 is 24.9 Å². The number of fused-ring (bicyclic) bond motifs is 1. The molecule has 0 fully saturated rings. The number of carbonyl (C=O) groups is 1. The van der Waals surface area contributed by atoms with E-state index < -0.39 is 55.3 Å². The van der Waals surface area contributed by atoms with Gasteiger partial charge in [0.15, 0.2) is 5.78 Å². The fraction of sp³-hybridized carbons (Fsp3) is 0.269. The number of ketones is 1. The van der Waals surface area contributed by atoms with Crippen LogP contribution in [0.4, 0.5) is 15.8 Å². The summed E-state index contributed by atoms with van der Waals surface area (Å²) >= 11 is 0. The van der Waals surface area contributed by atoms with Crippen molar-refractivity contribution in [3.8, 4) is 11.8 Å². The molecule has 0 radical (unpaired) electrons. The lowest BCUT2D eigenvalue weighted by molar-refractivity contribution is -0.114. The largest absolute Gasteiger partial charge is 0.494 e. The van der Waals surface area contributed by atoms with E-state index in [4.69, 9.17) is 15.7 Å². The summed E-state index contributed by atoms with van der Waals surface area (Å²) in [4.78, 5) is 18.4. The first kappa shape index (κ1) is 15.1. The van der Waals surface area contributed by atoms with Crippen LogP contribution in [0.3, 0.4) is 0 Å². The van der Waals surface area contributed by atoms with Crippen LogP contribution in [-0.2, 0) is 11.2 Å². The van der Waals surface area contributed by atoms with Gasteiger partial charge in [-0.3, -0.25) is 9.78 Å². The molecule has 1 N–H and O–H groups in total. The van der Waals surface area contributed by atoms with E-state index in [1.54, 1.807) is 0 Å². The number of benzene rings is 2. The Balaban J connectivity index is 2.25. The molecule has 0 aliphatic heterocycles. The number of carbonyl (C=O) groups excluding carboxylic acids is 1. The van der Waals surface area contributed by atoms with Gasteiger partial charge in [0.25, 0.3) is 0 Å². The minimum absolute atomic E-state index is 0.0373. The third-order valence-electron chi connectivity index (χ3n) is 4.48. The molecule has 0 atom stereocenters. The fourth-order valence-corrected chi connectivity index (χ4v) is 2.97. The van der Waals surface area contributed by atoms with E-state index in [9.17, 15) is 14.4 Å². The van der Waals surface area contributed by atoms with Crippen molar-refractivity contribution in [2.45, 2.75) is 20.3 Å². The summed E-state index contributed by atoms with van der Waals surface area (Å²) in [7, 11) is 2.88. The van der Waals surface area contributed by atoms with Gasteiger partial charge in [0, 0.05) is 44.6 Å². The minimum Gasteiger partial charge on any atom is -0.494 e. The van der Waals surface area contributed by atoms with Crippen molar-refractivity contribution in [1.82, 2.24) is 9.88 Å². The Hall–Kier alpha value is -3.76. The number of nitrogens with one attached hydrogen (secondary N) is 1. The van der Waals surface area contributed by atoms with Gasteiger partial charge in [0.1, 0.15) is 17.6 Å². The molecule has 3 rings (SSSR count). The average molecular weight is 455 g/mol. The summed E-state index contributed by atoms with van der Waals surface area (Å²) in [6.07, 6.45) is 1.54. The van der Waals surface area contributed by atoms with Crippen LogP contribution in [0.1, 0.15) is 34.6 Å². The van der Waals surface area contributed by atoms with Crippen molar-refractivity contribution in [3.05, 3.63) is 71.1 Å². The first-order chi connectivity index (χ1) is 18.9. The Kier molecular flexibility index (Phi) is 4.91. The summed E-state index contributed by atoms with van der Waals surface area (Å²) in [5.41, 5.74) is -0.147. The zero-order valence-corrected chi connectivity index (χ0v) is 18.6. The molecule has 6 nitrogen and oxygen atoms in total. The highest BCUT2D eigenvalue weighted by Crippen LogP contribution is 2.34. The number of anilines is 2. The zero-order chi connectivity index (χ0) is 31.0. The molecule has 3 aromatic rings. The van der Waals surface area contributed by atoms with E-state index in [0.717, 1.165) is 13.0 Å². The monoisotopic (exact) mass is 454 g/mol. The van der Waals surface area contributed by atoms with E-state index in [-0.39, 0.29) is 44.7 Å². The van der Waals surface area contributed by atoms with Crippen LogP contribution in [0.25, 0.3) is 10.9 Å². The van der Waals surface area contributed by atoms with Gasteiger partial charge in [-0.2, -0.15) is 5.26 Å². The molecule has 0 saturated heterocycles. The Morgan fingerprint density at radius 3 is 2.94 bits per heavy atom. The molecule has 0 amide bonds. The van der Waals surface area contributed by atoms with Gasteiger partial charge in [0.2, 0.25) is 0 Å². The van der Waals surface area contributed by atoms with E-state index in [1.165, 1.54) is 44.2 Å². The highest BCUT2D eigenvalue weighted by molar-refractivity contribution is 5.98. The summed E-state index contributed by atoms with van der Waals surface area (Å²) in [5, 5.41) is 12.8. The lowest BCUT2D eigenvalue weighted by Crippen LogP contribution is -2.11. The minimum atomic E-state index is -2.18. The molecule has 7 heteroatoms. The second-order valence-electron chi connectivity index (χ2n) is 7.17. The van der Waals surface area contributed by atoms with E-state index in [1.807, 2.05) is 6.07 Å². The second-order valence-corrected chi connectivity index (χ2v) is 7.17. The molecule has 1 heterocycles. The number of allylic oxidation sites excluding steroid dienone is 1. The van der Waals surface area contributed by atoms with Gasteiger partial charge in [-0.1, -0.05) is 6.08 Å². The third kappa shape index (κ3) is 5.93. The van der Waals surface area contributed by atoms with Gasteiger partial charge in [0.05, 0.1) is 31.6 Å². The second kappa shape index (κ2) is 10.7. The van der Waals surface area contributed by atoms with Crippen LogP contribution in [0, 0.1) is 24.1 Å². The lowest BCUT2D eigenvalue weighted by Gasteiger charge is -2.15. The number of ether oxygens (including phenoxy) is 1. The summed E-state index contributed by atoms with van der Waals surface area (Å²) in [6.45, 7) is -1.85. The first-order valence-electron chi connectivity index (χ1n) is 13.9. The van der Waals surface area contributed by atoms with Crippen molar-refractivity contribution in [1.29, 1.82) is 5.26 Å². The normalized spacial score (nSPS) is 15.8. The van der Waals surface area contributed by atoms with Gasteiger partial charge in [-0.25, -0.2) is 4.39 Å². The van der Waals surface area contributed by atoms with E-state index >= 15 is 0 Å². The lowest BCUT2D eigenvalue weighted by atomic mass is 10.0. The quantitative estimate of drug-likeness (QED) is 0.462. The topological polar surface area (TPSA) is 78.3 Å². The van der Waals surface area contributed by atoms with Crippen molar-refractivity contribution >= 4 is 28.1 Å². The number of pyridine rings is 1. The number of nitriles is 1. The van der Waals surface area contributed by atoms with Crippen molar-refractivity contribution in [2.75, 3.05) is 32.5 Å². The van der Waals surface area contributed by atoms with E-state index in [2.05, 4.69) is 10.3 Å². The predicted molar refractivity (Wildman–Crippen MR) is 128 cm³/mol. The Labute approximate surface area is 204 Å². The molecule has 0 aliphatic rings. The fourth-order valence-electron chi connectivity index (χ4n) is 2.97. The highest BCUT2D eigenvalue weighted by Gasteiger charge is 2.16. The van der Waals surface area contributed by atoms with Crippen LogP contribution in [-0.4, -0.2) is 42.8 Å². The Morgan fingerprint density at radius 1 is 1.45 bits per heavy atom. The average Bonchev–Trinajstić information content (AvgIpc) is 2.87. The van der Waals surface area contributed by atoms with Gasteiger partial charge in [-0.15, -0.1) is 0 Å². The third-order valence-corrected chi connectivity index (χ3v) is 4.48. The SMILES string of the molecule is [2H]/C(=C\C([2H])([2H])N(C)C)C(=O)Cc1cc2c(Nc3c([2H])c([2H])c(F)c(C)c3[2H])c(C#N)cnc2cc1OC([2H])([2H])C. The highest BCUT2D eigenvalue weighted by atomic mass is 19.1.